The highest BCUT2D eigenvalue weighted by molar-refractivity contribution is 5.36. The molecule has 0 atom stereocenters. The summed E-state index contributed by atoms with van der Waals surface area (Å²) < 4.78 is 0. The van der Waals surface area contributed by atoms with Gasteiger partial charge in [-0.15, -0.1) is 0 Å². The van der Waals surface area contributed by atoms with E-state index in [-0.39, 0.29) is 12.2 Å². The Hall–Kier alpha value is -2.14. The van der Waals surface area contributed by atoms with Gasteiger partial charge in [0, 0.05) is 18.5 Å². The highest BCUT2D eigenvalue weighted by Gasteiger charge is 2.26. The van der Waals surface area contributed by atoms with Gasteiger partial charge >= 0.3 is 0 Å². The Bertz CT molecular complexity index is 662. The van der Waals surface area contributed by atoms with Gasteiger partial charge in [-0.1, -0.05) is 24.3 Å². The van der Waals surface area contributed by atoms with Crippen LogP contribution in [-0.2, 0) is 13.2 Å². The van der Waals surface area contributed by atoms with Crippen LogP contribution in [0.15, 0.2) is 35.1 Å². The summed E-state index contributed by atoms with van der Waals surface area (Å²) in [7, 11) is 0. The topological polar surface area (TPSA) is 78.0 Å². The first-order valence-electron chi connectivity index (χ1n) is 6.78. The molecule has 1 aliphatic carbocycles. The smallest absolute Gasteiger partial charge is 0.252 e. The Kier molecular flexibility index (Phi) is 3.52. The third-order valence-electron chi connectivity index (χ3n) is 3.37. The number of aromatic amines is 1. The van der Waals surface area contributed by atoms with E-state index in [1.807, 2.05) is 24.3 Å². The lowest BCUT2D eigenvalue weighted by atomic mass is 10.1. The van der Waals surface area contributed by atoms with Crippen molar-refractivity contribution in [3.8, 4) is 0 Å². The van der Waals surface area contributed by atoms with Gasteiger partial charge in [0.2, 0.25) is 0 Å². The molecule has 0 bridgehead atoms. The second-order valence-electron chi connectivity index (χ2n) is 5.12. The zero-order valence-corrected chi connectivity index (χ0v) is 11.1. The van der Waals surface area contributed by atoms with Gasteiger partial charge in [-0.25, -0.2) is 4.98 Å². The Morgan fingerprint density at radius 3 is 2.85 bits per heavy atom. The number of rotatable bonds is 5. The lowest BCUT2D eigenvalue weighted by Gasteiger charge is -2.08. The summed E-state index contributed by atoms with van der Waals surface area (Å²) in [6.07, 6.45) is 2.20. The largest absolute Gasteiger partial charge is 0.392 e. The van der Waals surface area contributed by atoms with Crippen molar-refractivity contribution in [1.82, 2.24) is 9.97 Å². The molecule has 0 spiro atoms. The lowest BCUT2D eigenvalue weighted by Crippen LogP contribution is -2.13. The minimum absolute atomic E-state index is 0.0307. The first-order chi connectivity index (χ1) is 9.74. The van der Waals surface area contributed by atoms with Crippen LogP contribution in [-0.4, -0.2) is 15.1 Å². The summed E-state index contributed by atoms with van der Waals surface area (Å²) >= 11 is 0. The molecule has 0 aliphatic heterocycles. The predicted molar refractivity (Wildman–Crippen MR) is 76.5 cm³/mol. The van der Waals surface area contributed by atoms with Gasteiger partial charge < -0.3 is 15.4 Å². The maximum Gasteiger partial charge on any atom is 0.252 e. The number of H-pyrrole nitrogens is 1. The zero-order chi connectivity index (χ0) is 13.9. The van der Waals surface area contributed by atoms with Crippen LogP contribution < -0.4 is 10.9 Å². The summed E-state index contributed by atoms with van der Waals surface area (Å²) in [5.41, 5.74) is 1.81. The Balaban J connectivity index is 1.72. The van der Waals surface area contributed by atoms with Crippen molar-refractivity contribution in [2.75, 3.05) is 5.32 Å². The maximum atomic E-state index is 11.6. The van der Waals surface area contributed by atoms with Gasteiger partial charge in [0.05, 0.1) is 6.61 Å². The molecule has 0 unspecified atom stereocenters. The van der Waals surface area contributed by atoms with Crippen molar-refractivity contribution in [3.63, 3.8) is 0 Å². The van der Waals surface area contributed by atoms with E-state index in [9.17, 15) is 4.79 Å². The number of nitrogens with zero attached hydrogens (tertiary/aromatic N) is 1. The third-order valence-corrected chi connectivity index (χ3v) is 3.37. The monoisotopic (exact) mass is 271 g/mol. The van der Waals surface area contributed by atoms with E-state index in [0.29, 0.717) is 18.3 Å². The highest BCUT2D eigenvalue weighted by Crippen LogP contribution is 2.37. The van der Waals surface area contributed by atoms with Gasteiger partial charge in [-0.05, 0) is 24.0 Å². The molecule has 5 nitrogen and oxygen atoms in total. The number of hydrogen-bond acceptors (Lipinski definition) is 4. The Morgan fingerprint density at radius 2 is 2.10 bits per heavy atom. The average Bonchev–Trinajstić information content (AvgIpc) is 3.29. The van der Waals surface area contributed by atoms with Crippen molar-refractivity contribution in [2.45, 2.75) is 31.9 Å². The van der Waals surface area contributed by atoms with E-state index >= 15 is 0 Å². The van der Waals surface area contributed by atoms with Crippen LogP contribution in [0.3, 0.4) is 0 Å². The minimum Gasteiger partial charge on any atom is -0.392 e. The lowest BCUT2D eigenvalue weighted by molar-refractivity contribution is 0.281. The van der Waals surface area contributed by atoms with E-state index in [4.69, 9.17) is 5.11 Å². The van der Waals surface area contributed by atoms with Crippen molar-refractivity contribution in [1.29, 1.82) is 0 Å². The van der Waals surface area contributed by atoms with Crippen molar-refractivity contribution in [3.05, 3.63) is 57.6 Å². The first kappa shape index (κ1) is 12.9. The summed E-state index contributed by atoms with van der Waals surface area (Å²) in [5, 5.41) is 12.3. The molecule has 0 amide bonds. The van der Waals surface area contributed by atoms with Crippen LogP contribution in [0.1, 0.15) is 35.7 Å². The standard InChI is InChI=1S/C15H17N3O2/c19-9-11-3-1-2-10(6-11)8-16-13-7-14(20)18-15(17-13)12-4-5-12/h1-3,6-7,12,19H,4-5,8-9H2,(H2,16,17,18,20). The van der Waals surface area contributed by atoms with Crippen molar-refractivity contribution < 1.29 is 5.11 Å². The first-order valence-corrected chi connectivity index (χ1v) is 6.78. The van der Waals surface area contributed by atoms with Gasteiger partial charge in [-0.2, -0.15) is 0 Å². The fourth-order valence-electron chi connectivity index (χ4n) is 2.15. The SMILES string of the molecule is O=c1cc(NCc2cccc(CO)c2)nc(C2CC2)[nH]1. The average molecular weight is 271 g/mol. The van der Waals surface area contributed by atoms with Crippen LogP contribution in [0.5, 0.6) is 0 Å². The van der Waals surface area contributed by atoms with Crippen LogP contribution >= 0.6 is 0 Å². The molecular weight excluding hydrogens is 254 g/mol. The molecule has 0 saturated heterocycles. The van der Waals surface area contributed by atoms with E-state index in [1.54, 1.807) is 0 Å². The molecule has 1 aliphatic rings. The van der Waals surface area contributed by atoms with E-state index in [1.165, 1.54) is 6.07 Å². The fourth-order valence-corrected chi connectivity index (χ4v) is 2.15. The number of aromatic nitrogens is 2. The molecule has 20 heavy (non-hydrogen) atoms. The molecular formula is C15H17N3O2. The molecule has 2 aromatic rings. The number of benzene rings is 1. The van der Waals surface area contributed by atoms with Gasteiger partial charge in [0.1, 0.15) is 11.6 Å². The third kappa shape index (κ3) is 3.05. The quantitative estimate of drug-likeness (QED) is 0.774. The molecule has 3 rings (SSSR count). The fraction of sp³-hybridized carbons (Fsp3) is 0.333. The summed E-state index contributed by atoms with van der Waals surface area (Å²) in [5.74, 6) is 1.80. The number of nitrogens with one attached hydrogen (secondary N) is 2. The summed E-state index contributed by atoms with van der Waals surface area (Å²) in [6.45, 7) is 0.608. The van der Waals surface area contributed by atoms with Crippen LogP contribution in [0.2, 0.25) is 0 Å². The van der Waals surface area contributed by atoms with E-state index in [0.717, 1.165) is 29.8 Å². The predicted octanol–water partition coefficient (Wildman–Crippen LogP) is 1.75. The molecule has 1 heterocycles. The maximum absolute atomic E-state index is 11.6. The molecule has 0 radical (unpaired) electrons. The Morgan fingerprint density at radius 1 is 1.30 bits per heavy atom. The molecule has 1 aromatic heterocycles. The van der Waals surface area contributed by atoms with E-state index < -0.39 is 0 Å². The highest BCUT2D eigenvalue weighted by atomic mass is 16.3. The zero-order valence-electron chi connectivity index (χ0n) is 11.1. The van der Waals surface area contributed by atoms with Crippen molar-refractivity contribution >= 4 is 5.82 Å². The molecule has 1 fully saturated rings. The summed E-state index contributed by atoms with van der Waals surface area (Å²) in [6, 6.07) is 9.16. The van der Waals surface area contributed by atoms with Gasteiger partial charge in [-0.3, -0.25) is 4.79 Å². The minimum atomic E-state index is -0.117. The van der Waals surface area contributed by atoms with Gasteiger partial charge in [0.25, 0.3) is 5.56 Å². The molecule has 5 heteroatoms. The second kappa shape index (κ2) is 5.46. The van der Waals surface area contributed by atoms with Crippen LogP contribution in [0, 0.1) is 0 Å². The Labute approximate surface area is 116 Å². The number of hydrogen-bond donors (Lipinski definition) is 3. The second-order valence-corrected chi connectivity index (χ2v) is 5.12. The van der Waals surface area contributed by atoms with Gasteiger partial charge in [0.15, 0.2) is 0 Å². The number of anilines is 1. The molecule has 1 saturated carbocycles. The number of aliphatic hydroxyl groups excluding tert-OH is 1. The molecule has 104 valence electrons. The number of aliphatic hydroxyl groups is 1. The molecule has 3 N–H and O–H groups in total. The van der Waals surface area contributed by atoms with Crippen LogP contribution in [0.25, 0.3) is 0 Å². The molecule has 1 aromatic carbocycles. The van der Waals surface area contributed by atoms with Crippen molar-refractivity contribution in [2.24, 2.45) is 0 Å². The summed E-state index contributed by atoms with van der Waals surface area (Å²) in [4.78, 5) is 18.8. The van der Waals surface area contributed by atoms with Crippen LogP contribution in [0.4, 0.5) is 5.82 Å². The normalized spacial score (nSPS) is 14.2. The van der Waals surface area contributed by atoms with E-state index in [2.05, 4.69) is 15.3 Å².